The second-order valence-electron chi connectivity index (χ2n) is 8.51. The van der Waals surface area contributed by atoms with E-state index < -0.39 is 0 Å². The van der Waals surface area contributed by atoms with Crippen LogP contribution in [0.2, 0.25) is 0 Å². The van der Waals surface area contributed by atoms with Crippen LogP contribution in [0.1, 0.15) is 52.0 Å². The van der Waals surface area contributed by atoms with Gasteiger partial charge in [0.25, 0.3) is 11.8 Å². The summed E-state index contributed by atoms with van der Waals surface area (Å²) < 4.78 is 0. The Kier molecular flexibility index (Phi) is 7.17. The van der Waals surface area contributed by atoms with Gasteiger partial charge in [-0.2, -0.15) is 0 Å². The predicted molar refractivity (Wildman–Crippen MR) is 124 cm³/mol. The summed E-state index contributed by atoms with van der Waals surface area (Å²) in [5.74, 6) is -0.434. The molecule has 4 amide bonds. The molecule has 2 heterocycles. The van der Waals surface area contributed by atoms with Crippen LogP contribution in [-0.2, 0) is 16.0 Å². The van der Waals surface area contributed by atoms with Crippen LogP contribution in [-0.4, -0.2) is 71.1 Å². The number of carbonyl (C=O) groups is 4. The zero-order chi connectivity index (χ0) is 23.2. The Balaban J connectivity index is 1.15. The number of amides is 4. The number of imide groups is 1. The maximum Gasteiger partial charge on any atom is 0.261 e. The number of hydrogen-bond acceptors (Lipinski definition) is 4. The van der Waals surface area contributed by atoms with E-state index in [-0.39, 0.29) is 36.6 Å². The number of hydrogen-bond donors (Lipinski definition) is 0. The molecule has 1 fully saturated rings. The minimum atomic E-state index is -0.289. The minimum Gasteiger partial charge on any atom is -0.339 e. The van der Waals surface area contributed by atoms with Crippen molar-refractivity contribution in [2.75, 3.05) is 32.7 Å². The molecule has 7 nitrogen and oxygen atoms in total. The summed E-state index contributed by atoms with van der Waals surface area (Å²) in [4.78, 5) is 54.8. The second kappa shape index (κ2) is 10.4. The molecular weight excluding hydrogens is 418 g/mol. The SMILES string of the molecule is O=C(CCCc1ccccc1)N1CCN(C(=O)CCCN2C(=O)c3ccccc3C2=O)CC1. The fourth-order valence-electron chi connectivity index (χ4n) is 4.44. The molecule has 0 aromatic heterocycles. The lowest BCUT2D eigenvalue weighted by Gasteiger charge is -2.35. The molecule has 0 saturated carbocycles. The molecule has 1 saturated heterocycles. The highest BCUT2D eigenvalue weighted by molar-refractivity contribution is 6.21. The van der Waals surface area contributed by atoms with Crippen molar-refractivity contribution < 1.29 is 19.2 Å². The van der Waals surface area contributed by atoms with Crippen LogP contribution in [0.25, 0.3) is 0 Å². The fourth-order valence-corrected chi connectivity index (χ4v) is 4.44. The highest BCUT2D eigenvalue weighted by Gasteiger charge is 2.34. The van der Waals surface area contributed by atoms with Crippen molar-refractivity contribution in [2.24, 2.45) is 0 Å². The topological polar surface area (TPSA) is 78.0 Å². The van der Waals surface area contributed by atoms with E-state index >= 15 is 0 Å². The van der Waals surface area contributed by atoms with Crippen molar-refractivity contribution >= 4 is 23.6 Å². The van der Waals surface area contributed by atoms with Crippen LogP contribution in [0.4, 0.5) is 0 Å². The zero-order valence-corrected chi connectivity index (χ0v) is 18.7. The average Bonchev–Trinajstić information content (AvgIpc) is 3.09. The molecule has 4 rings (SSSR count). The van der Waals surface area contributed by atoms with Gasteiger partial charge in [0.1, 0.15) is 0 Å². The van der Waals surface area contributed by atoms with Gasteiger partial charge in [0.15, 0.2) is 0 Å². The molecule has 2 aliphatic rings. The molecule has 0 spiro atoms. The predicted octanol–water partition coefficient (Wildman–Crippen LogP) is 2.76. The quantitative estimate of drug-likeness (QED) is 0.583. The molecule has 0 N–H and O–H groups in total. The highest BCUT2D eigenvalue weighted by atomic mass is 16.2. The molecule has 2 aliphatic heterocycles. The van der Waals surface area contributed by atoms with Crippen molar-refractivity contribution in [1.82, 2.24) is 14.7 Å². The summed E-state index contributed by atoms with van der Waals surface area (Å²) >= 11 is 0. The van der Waals surface area contributed by atoms with Crippen LogP contribution < -0.4 is 0 Å². The number of piperazine rings is 1. The molecule has 33 heavy (non-hydrogen) atoms. The van der Waals surface area contributed by atoms with Gasteiger partial charge in [-0.1, -0.05) is 42.5 Å². The maximum absolute atomic E-state index is 12.6. The summed E-state index contributed by atoms with van der Waals surface area (Å²) in [6.07, 6.45) is 2.93. The number of carbonyl (C=O) groups excluding carboxylic acids is 4. The van der Waals surface area contributed by atoms with Crippen molar-refractivity contribution in [1.29, 1.82) is 0 Å². The van der Waals surface area contributed by atoms with Crippen LogP contribution in [0.15, 0.2) is 54.6 Å². The normalized spacial score (nSPS) is 15.7. The lowest BCUT2D eigenvalue weighted by molar-refractivity contribution is -0.139. The minimum absolute atomic E-state index is 0.00258. The Morgan fingerprint density at radius 2 is 1.15 bits per heavy atom. The first kappa shape index (κ1) is 22.7. The van der Waals surface area contributed by atoms with Gasteiger partial charge in [-0.05, 0) is 37.0 Å². The molecule has 0 aliphatic carbocycles. The van der Waals surface area contributed by atoms with E-state index in [0.717, 1.165) is 12.8 Å². The average molecular weight is 448 g/mol. The lowest BCUT2D eigenvalue weighted by Crippen LogP contribution is -2.50. The number of rotatable bonds is 8. The third-order valence-electron chi connectivity index (χ3n) is 6.33. The summed E-state index contributed by atoms with van der Waals surface area (Å²) in [5.41, 5.74) is 2.10. The van der Waals surface area contributed by atoms with Crippen molar-refractivity contribution in [3.63, 3.8) is 0 Å². The molecular formula is C26H29N3O4. The second-order valence-corrected chi connectivity index (χ2v) is 8.51. The van der Waals surface area contributed by atoms with E-state index in [2.05, 4.69) is 12.1 Å². The van der Waals surface area contributed by atoms with E-state index in [1.807, 2.05) is 23.1 Å². The van der Waals surface area contributed by atoms with E-state index in [1.54, 1.807) is 29.2 Å². The summed E-state index contributed by atoms with van der Waals surface area (Å²) in [6.45, 7) is 2.38. The molecule has 0 atom stereocenters. The molecule has 2 aromatic carbocycles. The third-order valence-corrected chi connectivity index (χ3v) is 6.33. The molecule has 0 bridgehead atoms. The Morgan fingerprint density at radius 3 is 1.70 bits per heavy atom. The van der Waals surface area contributed by atoms with Crippen LogP contribution >= 0.6 is 0 Å². The fraction of sp³-hybridized carbons (Fsp3) is 0.385. The van der Waals surface area contributed by atoms with E-state index in [9.17, 15) is 19.2 Å². The largest absolute Gasteiger partial charge is 0.339 e. The van der Waals surface area contributed by atoms with Gasteiger partial charge in [-0.3, -0.25) is 24.1 Å². The molecule has 0 radical (unpaired) electrons. The smallest absolute Gasteiger partial charge is 0.261 e. The Hall–Kier alpha value is -3.48. The van der Waals surface area contributed by atoms with Gasteiger partial charge >= 0.3 is 0 Å². The van der Waals surface area contributed by atoms with E-state index in [0.29, 0.717) is 50.1 Å². The van der Waals surface area contributed by atoms with Gasteiger partial charge in [-0.15, -0.1) is 0 Å². The summed E-state index contributed by atoms with van der Waals surface area (Å²) in [5, 5.41) is 0. The number of aryl methyl sites for hydroxylation is 1. The zero-order valence-electron chi connectivity index (χ0n) is 18.7. The van der Waals surface area contributed by atoms with E-state index in [4.69, 9.17) is 0 Å². The van der Waals surface area contributed by atoms with Crippen LogP contribution in [0.5, 0.6) is 0 Å². The number of fused-ring (bicyclic) bond motifs is 1. The maximum atomic E-state index is 12.6. The first-order valence-electron chi connectivity index (χ1n) is 11.6. The Labute approximate surface area is 194 Å². The van der Waals surface area contributed by atoms with Crippen LogP contribution in [0, 0.1) is 0 Å². The number of nitrogens with zero attached hydrogens (tertiary/aromatic N) is 3. The monoisotopic (exact) mass is 447 g/mol. The Morgan fingerprint density at radius 1 is 0.667 bits per heavy atom. The third kappa shape index (κ3) is 5.30. The lowest BCUT2D eigenvalue weighted by atomic mass is 10.1. The van der Waals surface area contributed by atoms with Gasteiger partial charge in [0, 0.05) is 45.6 Å². The summed E-state index contributed by atoms with van der Waals surface area (Å²) in [7, 11) is 0. The van der Waals surface area contributed by atoms with Crippen molar-refractivity contribution in [3.8, 4) is 0 Å². The molecule has 2 aromatic rings. The first-order chi connectivity index (χ1) is 16.0. The highest BCUT2D eigenvalue weighted by Crippen LogP contribution is 2.22. The van der Waals surface area contributed by atoms with Crippen molar-refractivity contribution in [3.05, 3.63) is 71.3 Å². The van der Waals surface area contributed by atoms with Gasteiger partial charge < -0.3 is 9.80 Å². The van der Waals surface area contributed by atoms with Gasteiger partial charge in [-0.25, -0.2) is 0 Å². The standard InChI is InChI=1S/C26H29N3O4/c30-23(13-6-10-20-8-2-1-3-9-20)27-16-18-28(19-17-27)24(31)14-7-15-29-25(32)21-11-4-5-12-22(21)26(29)33/h1-5,8-9,11-12H,6-7,10,13-19H2. The van der Waals surface area contributed by atoms with Gasteiger partial charge in [0.2, 0.25) is 11.8 Å². The molecule has 172 valence electrons. The molecule has 0 unspecified atom stereocenters. The van der Waals surface area contributed by atoms with Gasteiger partial charge in [0.05, 0.1) is 11.1 Å². The van der Waals surface area contributed by atoms with Crippen molar-refractivity contribution in [2.45, 2.75) is 32.1 Å². The number of benzene rings is 2. The molecule has 7 heteroatoms. The van der Waals surface area contributed by atoms with E-state index in [1.165, 1.54) is 10.5 Å². The van der Waals surface area contributed by atoms with Crippen LogP contribution in [0.3, 0.4) is 0 Å². The first-order valence-corrected chi connectivity index (χ1v) is 11.6. The summed E-state index contributed by atoms with van der Waals surface area (Å²) in [6, 6.07) is 16.9. The Bertz CT molecular complexity index is 994.